The summed E-state index contributed by atoms with van der Waals surface area (Å²) in [6.07, 6.45) is 1.73. The fourth-order valence-corrected chi connectivity index (χ4v) is 3.74. The second kappa shape index (κ2) is 8.00. The first-order valence-electron chi connectivity index (χ1n) is 8.93. The van der Waals surface area contributed by atoms with Crippen LogP contribution < -0.4 is 4.90 Å². The zero-order valence-electron chi connectivity index (χ0n) is 15.7. The molecule has 1 amide bonds. The molecule has 2 heterocycles. The second-order valence-electron chi connectivity index (χ2n) is 6.39. The van der Waals surface area contributed by atoms with Gasteiger partial charge in [0, 0.05) is 0 Å². The number of hydrogen-bond acceptors (Lipinski definition) is 6. The number of aryl methyl sites for hydroxylation is 1. The van der Waals surface area contributed by atoms with Gasteiger partial charge in [-0.25, -0.2) is 9.38 Å². The molecule has 3 aromatic rings. The van der Waals surface area contributed by atoms with Crippen LogP contribution in [0.3, 0.4) is 0 Å². The van der Waals surface area contributed by atoms with Crippen LogP contribution in [0, 0.1) is 12.7 Å². The lowest BCUT2D eigenvalue weighted by Crippen LogP contribution is -2.30. The monoisotopic (exact) mass is 408 g/mol. The molecule has 1 aromatic heterocycles. The van der Waals surface area contributed by atoms with Crippen LogP contribution in [0.5, 0.6) is 0 Å². The van der Waals surface area contributed by atoms with Crippen molar-refractivity contribution in [2.45, 2.75) is 19.1 Å². The van der Waals surface area contributed by atoms with Gasteiger partial charge in [-0.1, -0.05) is 47.3 Å². The minimum Gasteiger partial charge on any atom is -0.338 e. The average Bonchev–Trinajstić information content (AvgIpc) is 3.27. The fourth-order valence-electron chi connectivity index (χ4n) is 2.79. The van der Waals surface area contributed by atoms with Gasteiger partial charge in [0.25, 0.3) is 5.91 Å². The maximum absolute atomic E-state index is 13.4. The van der Waals surface area contributed by atoms with Gasteiger partial charge in [0.05, 0.1) is 10.9 Å². The number of halogens is 1. The van der Waals surface area contributed by atoms with Crippen LogP contribution in [-0.4, -0.2) is 21.2 Å². The second-order valence-corrected chi connectivity index (χ2v) is 7.70. The zero-order chi connectivity index (χ0) is 20.4. The molecule has 0 N–H and O–H groups in total. The molecule has 1 atom stereocenters. The minimum atomic E-state index is -0.374. The summed E-state index contributed by atoms with van der Waals surface area (Å²) in [5.41, 5.74) is 1.70. The van der Waals surface area contributed by atoms with E-state index >= 15 is 0 Å². The Morgan fingerprint density at radius 2 is 1.86 bits per heavy atom. The highest BCUT2D eigenvalue weighted by molar-refractivity contribution is 8.14. The van der Waals surface area contributed by atoms with Crippen LogP contribution >= 0.6 is 11.8 Å². The van der Waals surface area contributed by atoms with Gasteiger partial charge in [0.1, 0.15) is 11.5 Å². The molecule has 1 aliphatic rings. The Kier molecular flexibility index (Phi) is 5.26. The lowest BCUT2D eigenvalue weighted by molar-refractivity contribution is -0.113. The van der Waals surface area contributed by atoms with Crippen LogP contribution in [0.1, 0.15) is 29.5 Å². The topological polar surface area (TPSA) is 71.6 Å². The quantitative estimate of drug-likeness (QED) is 0.582. The van der Waals surface area contributed by atoms with Crippen molar-refractivity contribution in [1.82, 2.24) is 10.1 Å². The summed E-state index contributed by atoms with van der Waals surface area (Å²) in [6.45, 7) is 3.64. The number of anilines is 1. The van der Waals surface area contributed by atoms with Crippen molar-refractivity contribution in [3.8, 4) is 0 Å². The number of amides is 1. The average molecular weight is 408 g/mol. The van der Waals surface area contributed by atoms with E-state index in [1.807, 2.05) is 37.3 Å². The Morgan fingerprint density at radius 3 is 2.52 bits per heavy atom. The number of carbonyl (C=O) groups is 1. The van der Waals surface area contributed by atoms with E-state index in [4.69, 9.17) is 4.52 Å². The maximum Gasteiger partial charge on any atom is 0.283 e. The Labute approximate surface area is 171 Å². The smallest absolute Gasteiger partial charge is 0.283 e. The molecule has 8 heteroatoms. The Morgan fingerprint density at radius 1 is 1.14 bits per heavy atom. The highest BCUT2D eigenvalue weighted by atomic mass is 32.2. The molecule has 0 fully saturated rings. The summed E-state index contributed by atoms with van der Waals surface area (Å²) in [5.74, 6) is 0.331. The van der Waals surface area contributed by atoms with E-state index in [9.17, 15) is 9.18 Å². The lowest BCUT2D eigenvalue weighted by atomic mass is 10.2. The first kappa shape index (κ1) is 19.1. The largest absolute Gasteiger partial charge is 0.338 e. The Bertz CT molecular complexity index is 1090. The molecule has 146 valence electrons. The Balaban J connectivity index is 1.70. The fraction of sp³-hybridized carbons (Fsp3) is 0.143. The van der Waals surface area contributed by atoms with Crippen molar-refractivity contribution in [3.05, 3.63) is 83.4 Å². The van der Waals surface area contributed by atoms with Gasteiger partial charge >= 0.3 is 0 Å². The van der Waals surface area contributed by atoms with Gasteiger partial charge in [0.2, 0.25) is 5.89 Å². The molecule has 29 heavy (non-hydrogen) atoms. The number of benzene rings is 2. The van der Waals surface area contributed by atoms with E-state index in [1.54, 1.807) is 25.1 Å². The molecule has 2 aromatic carbocycles. The van der Waals surface area contributed by atoms with E-state index in [-0.39, 0.29) is 17.0 Å². The molecule has 4 rings (SSSR count). The molecule has 1 unspecified atom stereocenters. The van der Waals surface area contributed by atoms with Gasteiger partial charge in [-0.15, -0.1) is 0 Å². The standard InChI is InChI=1S/C21H17FN4O2S/c1-13(19-23-14(2)25-28-19)29-21-24-18(12-15-6-4-3-5-7-15)20(27)26(21)17-10-8-16(22)9-11-17/h3-13H,1-2H3/b18-12+. The molecular weight excluding hydrogens is 391 g/mol. The van der Waals surface area contributed by atoms with Gasteiger partial charge < -0.3 is 4.52 Å². The predicted molar refractivity (Wildman–Crippen MR) is 111 cm³/mol. The van der Waals surface area contributed by atoms with Crippen molar-refractivity contribution < 1.29 is 13.7 Å². The highest BCUT2D eigenvalue weighted by Gasteiger charge is 2.34. The molecular formula is C21H17FN4O2S. The molecule has 6 nitrogen and oxygen atoms in total. The van der Waals surface area contributed by atoms with Gasteiger partial charge in [-0.2, -0.15) is 4.98 Å². The van der Waals surface area contributed by atoms with Crippen LogP contribution in [0.4, 0.5) is 10.1 Å². The SMILES string of the molecule is Cc1noc(C(C)SC2=N/C(=C/c3ccccc3)C(=O)N2c2ccc(F)cc2)n1. The summed E-state index contributed by atoms with van der Waals surface area (Å²) >= 11 is 1.32. The predicted octanol–water partition coefficient (Wildman–Crippen LogP) is 4.76. The number of hydrogen-bond donors (Lipinski definition) is 0. The zero-order valence-corrected chi connectivity index (χ0v) is 16.6. The summed E-state index contributed by atoms with van der Waals surface area (Å²) in [4.78, 5) is 23.4. The normalized spacial score (nSPS) is 16.4. The van der Waals surface area contributed by atoms with Gasteiger partial charge in [-0.3, -0.25) is 9.69 Å². The van der Waals surface area contributed by atoms with E-state index in [1.165, 1.54) is 28.8 Å². The molecule has 0 radical (unpaired) electrons. The van der Waals surface area contributed by atoms with Gasteiger partial charge in [-0.05, 0) is 49.8 Å². The van der Waals surface area contributed by atoms with E-state index in [0.29, 0.717) is 28.3 Å². The summed E-state index contributed by atoms with van der Waals surface area (Å²) in [7, 11) is 0. The van der Waals surface area contributed by atoms with Crippen LogP contribution in [-0.2, 0) is 4.79 Å². The third kappa shape index (κ3) is 4.12. The summed E-state index contributed by atoms with van der Waals surface area (Å²) in [6, 6.07) is 15.2. The number of aliphatic imine (C=N–C) groups is 1. The highest BCUT2D eigenvalue weighted by Crippen LogP contribution is 2.36. The van der Waals surface area contributed by atoms with Crippen molar-refractivity contribution in [2.75, 3.05) is 4.90 Å². The molecule has 0 saturated heterocycles. The first-order valence-corrected chi connectivity index (χ1v) is 9.81. The Hall–Kier alpha value is -3.26. The number of aromatic nitrogens is 2. The molecule has 1 aliphatic heterocycles. The molecule has 0 spiro atoms. The van der Waals surface area contributed by atoms with Crippen molar-refractivity contribution in [1.29, 1.82) is 0 Å². The first-order chi connectivity index (χ1) is 14.0. The minimum absolute atomic E-state index is 0.221. The van der Waals surface area contributed by atoms with Gasteiger partial charge in [0.15, 0.2) is 11.0 Å². The third-order valence-electron chi connectivity index (χ3n) is 4.19. The molecule has 0 saturated carbocycles. The molecule has 0 bridgehead atoms. The number of rotatable bonds is 4. The number of amidine groups is 1. The van der Waals surface area contributed by atoms with Crippen LogP contribution in [0.25, 0.3) is 6.08 Å². The maximum atomic E-state index is 13.4. The number of nitrogens with zero attached hydrogens (tertiary/aromatic N) is 4. The lowest BCUT2D eigenvalue weighted by Gasteiger charge is -2.19. The number of thioether (sulfide) groups is 1. The number of carbonyl (C=O) groups excluding carboxylic acids is 1. The van der Waals surface area contributed by atoms with E-state index < -0.39 is 0 Å². The van der Waals surface area contributed by atoms with Crippen LogP contribution in [0.15, 0.2) is 69.8 Å². The summed E-state index contributed by atoms with van der Waals surface area (Å²) in [5, 5.41) is 4.06. The summed E-state index contributed by atoms with van der Waals surface area (Å²) < 4.78 is 18.6. The third-order valence-corrected chi connectivity index (χ3v) is 5.23. The van der Waals surface area contributed by atoms with E-state index in [0.717, 1.165) is 5.56 Å². The van der Waals surface area contributed by atoms with E-state index in [2.05, 4.69) is 15.1 Å². The van der Waals surface area contributed by atoms with Crippen molar-refractivity contribution >= 4 is 34.6 Å². The molecule has 0 aliphatic carbocycles. The van der Waals surface area contributed by atoms with Crippen LogP contribution in [0.2, 0.25) is 0 Å². The van der Waals surface area contributed by atoms with Crippen molar-refractivity contribution in [2.24, 2.45) is 4.99 Å². The van der Waals surface area contributed by atoms with Crippen molar-refractivity contribution in [3.63, 3.8) is 0 Å².